The Bertz CT molecular complexity index is 216. The number of likely N-dealkylation sites (N-methyl/N-ethyl adjacent to an activating group) is 1. The Balaban J connectivity index is 2.20. The van der Waals surface area contributed by atoms with Crippen molar-refractivity contribution in [1.82, 2.24) is 9.80 Å². The number of piperidine rings is 1. The first-order valence-corrected chi connectivity index (χ1v) is 7.63. The van der Waals surface area contributed by atoms with E-state index in [9.17, 15) is 0 Å². The van der Waals surface area contributed by atoms with Crippen LogP contribution in [0.5, 0.6) is 0 Å². The predicted molar refractivity (Wildman–Crippen MR) is 79.8 cm³/mol. The van der Waals surface area contributed by atoms with Crippen LogP contribution in [-0.2, 0) is 0 Å². The summed E-state index contributed by atoms with van der Waals surface area (Å²) in [6.07, 6.45) is 6.50. The monoisotopic (exact) mass is 255 g/mol. The van der Waals surface area contributed by atoms with Crippen molar-refractivity contribution in [1.29, 1.82) is 0 Å². The minimum Gasteiger partial charge on any atom is -0.328 e. The van der Waals surface area contributed by atoms with Gasteiger partial charge >= 0.3 is 0 Å². The summed E-state index contributed by atoms with van der Waals surface area (Å²) in [5.41, 5.74) is 5.80. The molecule has 0 bridgehead atoms. The van der Waals surface area contributed by atoms with Gasteiger partial charge < -0.3 is 15.5 Å². The molecule has 0 aliphatic carbocycles. The van der Waals surface area contributed by atoms with E-state index in [1.165, 1.54) is 51.7 Å². The van der Waals surface area contributed by atoms with Crippen LogP contribution in [0.15, 0.2) is 0 Å². The third-order valence-electron chi connectivity index (χ3n) is 4.14. The van der Waals surface area contributed by atoms with Crippen LogP contribution in [0.4, 0.5) is 0 Å². The zero-order chi connectivity index (χ0) is 13.5. The smallest absolute Gasteiger partial charge is 0.0217 e. The number of nitrogens with two attached hydrogens (primary N) is 1. The van der Waals surface area contributed by atoms with Gasteiger partial charge in [0, 0.05) is 25.2 Å². The van der Waals surface area contributed by atoms with Crippen molar-refractivity contribution in [3.8, 4) is 0 Å². The highest BCUT2D eigenvalue weighted by Crippen LogP contribution is 2.17. The lowest BCUT2D eigenvalue weighted by atomic mass is 9.99. The quantitative estimate of drug-likeness (QED) is 0.757. The average molecular weight is 255 g/mol. The molecule has 0 aromatic rings. The lowest BCUT2D eigenvalue weighted by molar-refractivity contribution is 0.118. The Kier molecular flexibility index (Phi) is 7.20. The van der Waals surface area contributed by atoms with Crippen molar-refractivity contribution in [2.75, 3.05) is 33.7 Å². The predicted octanol–water partition coefficient (Wildman–Crippen LogP) is 2.17. The molecule has 1 aliphatic heterocycles. The second-order valence-corrected chi connectivity index (χ2v) is 6.53. The lowest BCUT2D eigenvalue weighted by Crippen LogP contribution is -2.46. The van der Waals surface area contributed by atoms with Crippen molar-refractivity contribution in [3.63, 3.8) is 0 Å². The summed E-state index contributed by atoms with van der Waals surface area (Å²) in [5.74, 6) is 0.810. The van der Waals surface area contributed by atoms with E-state index in [1.54, 1.807) is 0 Å². The molecule has 0 saturated carbocycles. The van der Waals surface area contributed by atoms with Gasteiger partial charge in [-0.05, 0) is 59.2 Å². The standard InChI is InChI=1S/C15H33N3/c1-13(7-5-8-14(2)16)11-18-10-6-9-15(12-18)17(3)4/h13-15H,5-12,16H2,1-4H3. The first-order valence-electron chi connectivity index (χ1n) is 7.63. The molecule has 1 saturated heterocycles. The van der Waals surface area contributed by atoms with E-state index in [0.717, 1.165) is 12.0 Å². The van der Waals surface area contributed by atoms with Crippen LogP contribution in [0.3, 0.4) is 0 Å². The maximum Gasteiger partial charge on any atom is 0.0217 e. The number of likely N-dealkylation sites (tertiary alicyclic amines) is 1. The molecule has 0 spiro atoms. The van der Waals surface area contributed by atoms with Gasteiger partial charge in [0.1, 0.15) is 0 Å². The van der Waals surface area contributed by atoms with Crippen molar-refractivity contribution in [2.24, 2.45) is 11.7 Å². The van der Waals surface area contributed by atoms with E-state index in [1.807, 2.05) is 0 Å². The van der Waals surface area contributed by atoms with Crippen molar-refractivity contribution >= 4 is 0 Å². The zero-order valence-corrected chi connectivity index (χ0v) is 12.9. The number of nitrogens with zero attached hydrogens (tertiary/aromatic N) is 2. The van der Waals surface area contributed by atoms with Crippen LogP contribution >= 0.6 is 0 Å². The Morgan fingerprint density at radius 1 is 1.28 bits per heavy atom. The van der Waals surface area contributed by atoms with Gasteiger partial charge in [-0.3, -0.25) is 0 Å². The van der Waals surface area contributed by atoms with Crippen molar-refractivity contribution in [3.05, 3.63) is 0 Å². The average Bonchev–Trinajstić information content (AvgIpc) is 2.28. The molecule has 1 aliphatic rings. The molecule has 18 heavy (non-hydrogen) atoms. The highest BCUT2D eigenvalue weighted by molar-refractivity contribution is 4.78. The first kappa shape index (κ1) is 15.9. The minimum absolute atomic E-state index is 0.366. The van der Waals surface area contributed by atoms with Crippen molar-refractivity contribution < 1.29 is 0 Å². The lowest BCUT2D eigenvalue weighted by Gasteiger charge is -2.37. The van der Waals surface area contributed by atoms with Gasteiger partial charge in [0.05, 0.1) is 0 Å². The summed E-state index contributed by atoms with van der Waals surface area (Å²) in [5, 5.41) is 0. The SMILES string of the molecule is CC(N)CCCC(C)CN1CCCC(N(C)C)C1. The topological polar surface area (TPSA) is 32.5 Å². The number of hydrogen-bond donors (Lipinski definition) is 1. The molecule has 3 heteroatoms. The van der Waals surface area contributed by atoms with Gasteiger partial charge in [-0.25, -0.2) is 0 Å². The molecule has 2 N–H and O–H groups in total. The van der Waals surface area contributed by atoms with Crippen LogP contribution in [0.25, 0.3) is 0 Å². The molecule has 3 atom stereocenters. The normalized spacial score (nSPS) is 25.3. The van der Waals surface area contributed by atoms with Gasteiger partial charge in [0.2, 0.25) is 0 Å². The zero-order valence-electron chi connectivity index (χ0n) is 12.9. The van der Waals surface area contributed by atoms with E-state index in [0.29, 0.717) is 6.04 Å². The molecule has 3 nitrogen and oxygen atoms in total. The Hall–Kier alpha value is -0.120. The van der Waals surface area contributed by atoms with E-state index in [4.69, 9.17) is 5.73 Å². The molecular weight excluding hydrogens is 222 g/mol. The van der Waals surface area contributed by atoms with Crippen LogP contribution in [-0.4, -0.2) is 55.6 Å². The van der Waals surface area contributed by atoms with Crippen molar-refractivity contribution in [2.45, 2.75) is 58.0 Å². The molecule has 108 valence electrons. The molecule has 0 aromatic carbocycles. The maximum atomic E-state index is 5.80. The Morgan fingerprint density at radius 3 is 2.61 bits per heavy atom. The maximum absolute atomic E-state index is 5.80. The van der Waals surface area contributed by atoms with E-state index in [-0.39, 0.29) is 0 Å². The summed E-state index contributed by atoms with van der Waals surface area (Å²) < 4.78 is 0. The van der Waals surface area contributed by atoms with Gasteiger partial charge in [-0.2, -0.15) is 0 Å². The fourth-order valence-corrected chi connectivity index (χ4v) is 2.94. The minimum atomic E-state index is 0.366. The first-order chi connectivity index (χ1) is 8.49. The van der Waals surface area contributed by atoms with Crippen LogP contribution < -0.4 is 5.73 Å². The summed E-state index contributed by atoms with van der Waals surface area (Å²) >= 11 is 0. The molecular formula is C15H33N3. The Labute approximate surface area is 114 Å². The summed E-state index contributed by atoms with van der Waals surface area (Å²) in [7, 11) is 4.42. The van der Waals surface area contributed by atoms with Crippen LogP contribution in [0.1, 0.15) is 46.0 Å². The second-order valence-electron chi connectivity index (χ2n) is 6.53. The molecule has 0 radical (unpaired) electrons. The molecule has 0 aromatic heterocycles. The van der Waals surface area contributed by atoms with Crippen LogP contribution in [0.2, 0.25) is 0 Å². The molecule has 1 rings (SSSR count). The van der Waals surface area contributed by atoms with E-state index in [2.05, 4.69) is 37.7 Å². The summed E-state index contributed by atoms with van der Waals surface area (Å²) in [6.45, 7) is 8.31. The van der Waals surface area contributed by atoms with Gasteiger partial charge in [-0.1, -0.05) is 13.3 Å². The molecule has 0 amide bonds. The largest absolute Gasteiger partial charge is 0.328 e. The van der Waals surface area contributed by atoms with Gasteiger partial charge in [-0.15, -0.1) is 0 Å². The number of hydrogen-bond acceptors (Lipinski definition) is 3. The third kappa shape index (κ3) is 6.17. The molecule has 1 heterocycles. The van der Waals surface area contributed by atoms with Gasteiger partial charge in [0.15, 0.2) is 0 Å². The molecule has 1 fully saturated rings. The molecule has 3 unspecified atom stereocenters. The van der Waals surface area contributed by atoms with E-state index < -0.39 is 0 Å². The summed E-state index contributed by atoms with van der Waals surface area (Å²) in [6, 6.07) is 1.13. The second kappa shape index (κ2) is 8.13. The van der Waals surface area contributed by atoms with Gasteiger partial charge in [0.25, 0.3) is 0 Å². The van der Waals surface area contributed by atoms with Crippen LogP contribution in [0, 0.1) is 5.92 Å². The Morgan fingerprint density at radius 2 is 2.00 bits per heavy atom. The number of rotatable bonds is 7. The highest BCUT2D eigenvalue weighted by Gasteiger charge is 2.22. The fraction of sp³-hybridized carbons (Fsp3) is 1.00. The van der Waals surface area contributed by atoms with E-state index >= 15 is 0 Å². The third-order valence-corrected chi connectivity index (χ3v) is 4.14. The fourth-order valence-electron chi connectivity index (χ4n) is 2.94. The summed E-state index contributed by atoms with van der Waals surface area (Å²) in [4.78, 5) is 5.04. The highest BCUT2D eigenvalue weighted by atomic mass is 15.2.